The molecule has 0 fully saturated rings. The quantitative estimate of drug-likeness (QED) is 0.661. The van der Waals surface area contributed by atoms with Crippen LogP contribution < -0.4 is 5.32 Å². The molecule has 4 nitrogen and oxygen atoms in total. The molecule has 23 heavy (non-hydrogen) atoms. The summed E-state index contributed by atoms with van der Waals surface area (Å²) in [4.78, 5) is 12.4. The van der Waals surface area contributed by atoms with Crippen molar-refractivity contribution in [2.45, 2.75) is 25.3 Å². The van der Waals surface area contributed by atoms with E-state index >= 15 is 0 Å². The molecule has 0 aromatic heterocycles. The molecule has 118 valence electrons. The average molecular weight is 309 g/mol. The van der Waals surface area contributed by atoms with Gasteiger partial charge in [0.1, 0.15) is 11.8 Å². The van der Waals surface area contributed by atoms with Crippen molar-refractivity contribution < 1.29 is 14.6 Å². The number of phenolic OH excluding ortho intramolecular Hbond substituents is 1. The molecule has 0 radical (unpaired) electrons. The first-order valence-electron chi connectivity index (χ1n) is 8.03. The largest absolute Gasteiger partial charge is 0.508 e. The van der Waals surface area contributed by atoms with Crippen LogP contribution in [0, 0.1) is 5.92 Å². The molecule has 4 rings (SSSR count). The molecule has 1 heterocycles. The number of fused-ring (bicyclic) bond motifs is 5. The Bertz CT molecular complexity index is 771. The third-order valence-electron chi connectivity index (χ3n) is 4.92. The van der Waals surface area contributed by atoms with Crippen molar-refractivity contribution in [2.24, 2.45) is 5.92 Å². The molecule has 3 atom stereocenters. The lowest BCUT2D eigenvalue weighted by Gasteiger charge is -2.36. The van der Waals surface area contributed by atoms with Crippen LogP contribution in [0.1, 0.15) is 29.5 Å². The first kappa shape index (κ1) is 14.1. The van der Waals surface area contributed by atoms with Crippen molar-refractivity contribution in [3.05, 3.63) is 59.2 Å². The number of nitrogens with one attached hydrogen (secondary N) is 1. The summed E-state index contributed by atoms with van der Waals surface area (Å²) in [5, 5.41) is 13.2. The number of phenols is 1. The number of ether oxygens (including phenoxy) is 1. The number of carbonyl (C=O) groups is 1. The van der Waals surface area contributed by atoms with E-state index in [4.69, 9.17) is 4.74 Å². The van der Waals surface area contributed by atoms with Gasteiger partial charge in [0.2, 0.25) is 0 Å². The van der Waals surface area contributed by atoms with Gasteiger partial charge in [0.15, 0.2) is 0 Å². The highest BCUT2D eigenvalue weighted by Gasteiger charge is 2.46. The Balaban J connectivity index is 1.84. The minimum absolute atomic E-state index is 0.112. The van der Waals surface area contributed by atoms with Gasteiger partial charge in [-0.25, -0.2) is 4.79 Å². The Morgan fingerprint density at radius 2 is 2.09 bits per heavy atom. The Labute approximate surface area is 135 Å². The molecule has 0 saturated carbocycles. The Morgan fingerprint density at radius 1 is 1.26 bits per heavy atom. The highest BCUT2D eigenvalue weighted by Crippen LogP contribution is 2.50. The van der Waals surface area contributed by atoms with Crippen LogP contribution in [-0.4, -0.2) is 23.7 Å². The second-order valence-corrected chi connectivity index (χ2v) is 6.19. The summed E-state index contributed by atoms with van der Waals surface area (Å²) in [5.74, 6) is 0.280. The van der Waals surface area contributed by atoms with E-state index in [1.165, 1.54) is 11.1 Å². The third kappa shape index (κ3) is 2.17. The van der Waals surface area contributed by atoms with Crippen LogP contribution in [0.4, 0.5) is 5.69 Å². The van der Waals surface area contributed by atoms with E-state index in [0.717, 1.165) is 17.7 Å². The zero-order valence-electron chi connectivity index (χ0n) is 13.0. The van der Waals surface area contributed by atoms with Crippen molar-refractivity contribution in [1.82, 2.24) is 0 Å². The van der Waals surface area contributed by atoms with Crippen LogP contribution in [0.15, 0.2) is 42.5 Å². The van der Waals surface area contributed by atoms with Gasteiger partial charge in [-0.05, 0) is 48.2 Å². The van der Waals surface area contributed by atoms with Crippen molar-refractivity contribution in [3.8, 4) is 5.75 Å². The average Bonchev–Trinajstić information content (AvgIpc) is 2.94. The minimum atomic E-state index is -0.357. The summed E-state index contributed by atoms with van der Waals surface area (Å²) < 4.78 is 5.28. The van der Waals surface area contributed by atoms with E-state index in [2.05, 4.69) is 17.4 Å². The lowest BCUT2D eigenvalue weighted by atomic mass is 9.77. The van der Waals surface area contributed by atoms with Crippen molar-refractivity contribution in [1.29, 1.82) is 0 Å². The Kier molecular flexibility index (Phi) is 3.26. The molecule has 0 spiro atoms. The van der Waals surface area contributed by atoms with E-state index in [9.17, 15) is 9.90 Å². The van der Waals surface area contributed by atoms with E-state index < -0.39 is 0 Å². The molecule has 1 aliphatic carbocycles. The lowest BCUT2D eigenvalue weighted by Crippen LogP contribution is -2.43. The second kappa shape index (κ2) is 5.30. The first-order valence-corrected chi connectivity index (χ1v) is 8.03. The smallest absolute Gasteiger partial charge is 0.328 e. The topological polar surface area (TPSA) is 58.6 Å². The zero-order chi connectivity index (χ0) is 16.0. The normalized spacial score (nSPS) is 24.1. The maximum atomic E-state index is 12.4. The zero-order valence-corrected chi connectivity index (χ0v) is 13.0. The predicted octanol–water partition coefficient (Wildman–Crippen LogP) is 3.05. The Morgan fingerprint density at radius 3 is 2.91 bits per heavy atom. The van der Waals surface area contributed by atoms with Crippen molar-refractivity contribution >= 4 is 11.7 Å². The molecule has 0 unspecified atom stereocenters. The number of rotatable bonds is 2. The molecular weight excluding hydrogens is 290 g/mol. The van der Waals surface area contributed by atoms with Gasteiger partial charge in [0, 0.05) is 17.5 Å². The number of esters is 1. The molecule has 2 N–H and O–H groups in total. The van der Waals surface area contributed by atoms with Gasteiger partial charge in [-0.2, -0.15) is 0 Å². The molecule has 2 aromatic carbocycles. The van der Waals surface area contributed by atoms with Crippen molar-refractivity contribution in [2.75, 3.05) is 11.9 Å². The molecule has 4 heteroatoms. The van der Waals surface area contributed by atoms with E-state index in [0.29, 0.717) is 6.61 Å². The predicted molar refractivity (Wildman–Crippen MR) is 87.6 cm³/mol. The SMILES string of the molecule is CCOC(=O)[C@H]1Nc2ccc(O)cc2[C@H]2c3ccccc3C[C@@H]21. The van der Waals surface area contributed by atoms with Crippen LogP contribution in [0.5, 0.6) is 5.75 Å². The van der Waals surface area contributed by atoms with E-state index in [-0.39, 0.29) is 29.6 Å². The lowest BCUT2D eigenvalue weighted by molar-refractivity contribution is -0.145. The highest BCUT2D eigenvalue weighted by atomic mass is 16.5. The Hall–Kier alpha value is -2.49. The summed E-state index contributed by atoms with van der Waals surface area (Å²) in [7, 11) is 0. The summed E-state index contributed by atoms with van der Waals surface area (Å²) in [6.45, 7) is 2.21. The molecule has 0 amide bonds. The van der Waals surface area contributed by atoms with Gasteiger partial charge in [-0.3, -0.25) is 0 Å². The van der Waals surface area contributed by atoms with Crippen LogP contribution >= 0.6 is 0 Å². The van der Waals surface area contributed by atoms with Crippen LogP contribution in [0.3, 0.4) is 0 Å². The summed E-state index contributed by atoms with van der Waals surface area (Å²) >= 11 is 0. The minimum Gasteiger partial charge on any atom is -0.508 e. The molecule has 1 aliphatic heterocycles. The summed E-state index contributed by atoms with van der Waals surface area (Å²) in [5.41, 5.74) is 4.48. The number of aromatic hydroxyl groups is 1. The molecule has 2 aliphatic rings. The van der Waals surface area contributed by atoms with Crippen LogP contribution in [0.2, 0.25) is 0 Å². The van der Waals surface area contributed by atoms with Crippen LogP contribution in [0.25, 0.3) is 0 Å². The van der Waals surface area contributed by atoms with Crippen LogP contribution in [-0.2, 0) is 16.0 Å². The number of benzene rings is 2. The van der Waals surface area contributed by atoms with Gasteiger partial charge in [0.05, 0.1) is 6.61 Å². The van der Waals surface area contributed by atoms with Gasteiger partial charge < -0.3 is 15.2 Å². The second-order valence-electron chi connectivity index (χ2n) is 6.19. The standard InChI is InChI=1S/C19H19NO3/c1-2-23-19(22)18-15-9-11-5-3-4-6-13(11)17(15)14-10-12(21)7-8-16(14)20-18/h3-8,10,15,17-18,20-21H,2,9H2,1H3/t15-,17+,18-/m0/s1. The van der Waals surface area contributed by atoms with Gasteiger partial charge in [-0.15, -0.1) is 0 Å². The number of hydrogen-bond acceptors (Lipinski definition) is 4. The number of hydrogen-bond donors (Lipinski definition) is 2. The molecule has 0 saturated heterocycles. The third-order valence-corrected chi connectivity index (χ3v) is 4.92. The van der Waals surface area contributed by atoms with Gasteiger partial charge >= 0.3 is 5.97 Å². The van der Waals surface area contributed by atoms with Crippen molar-refractivity contribution in [3.63, 3.8) is 0 Å². The number of carbonyl (C=O) groups excluding carboxylic acids is 1. The van der Waals surface area contributed by atoms with Gasteiger partial charge in [0.25, 0.3) is 0 Å². The summed E-state index contributed by atoms with van der Waals surface area (Å²) in [6.07, 6.45) is 0.840. The molecule has 0 bridgehead atoms. The maximum absolute atomic E-state index is 12.4. The fraction of sp³-hybridized carbons (Fsp3) is 0.316. The highest BCUT2D eigenvalue weighted by molar-refractivity contribution is 5.83. The van der Waals surface area contributed by atoms with E-state index in [1.54, 1.807) is 6.07 Å². The van der Waals surface area contributed by atoms with E-state index in [1.807, 2.05) is 31.2 Å². The van der Waals surface area contributed by atoms with Gasteiger partial charge in [-0.1, -0.05) is 24.3 Å². The maximum Gasteiger partial charge on any atom is 0.328 e. The fourth-order valence-corrected chi connectivity index (χ4v) is 4.01. The summed E-state index contributed by atoms with van der Waals surface area (Å²) in [6, 6.07) is 13.3. The molecular formula is C19H19NO3. The fourth-order valence-electron chi connectivity index (χ4n) is 4.01. The first-order chi connectivity index (χ1) is 11.2. The molecule has 2 aromatic rings. The number of anilines is 1. The monoisotopic (exact) mass is 309 g/mol.